The van der Waals surface area contributed by atoms with Crippen LogP contribution < -0.4 is 16.4 Å². The first-order valence-electron chi connectivity index (χ1n) is 5.87. The summed E-state index contributed by atoms with van der Waals surface area (Å²) in [6.07, 6.45) is 0. The highest BCUT2D eigenvalue weighted by molar-refractivity contribution is 5.98. The number of amides is 2. The molecule has 0 saturated heterocycles. The summed E-state index contributed by atoms with van der Waals surface area (Å²) in [5, 5.41) is 4.97. The van der Waals surface area contributed by atoms with Gasteiger partial charge in [0.2, 0.25) is 5.91 Å². The van der Waals surface area contributed by atoms with Gasteiger partial charge in [-0.2, -0.15) is 0 Å². The van der Waals surface area contributed by atoms with Crippen molar-refractivity contribution in [2.75, 3.05) is 20.1 Å². The molecule has 1 rings (SSSR count). The Hall–Kier alpha value is -2.32. The fourth-order valence-electron chi connectivity index (χ4n) is 1.45. The molecule has 5 nitrogen and oxygen atoms in total. The molecule has 0 radical (unpaired) electrons. The Balaban J connectivity index is 2.92. The minimum atomic E-state index is -0.329. The van der Waals surface area contributed by atoms with Crippen LogP contribution in [0.1, 0.15) is 21.5 Å². The van der Waals surface area contributed by atoms with Gasteiger partial charge in [0.15, 0.2) is 0 Å². The van der Waals surface area contributed by atoms with E-state index in [1.54, 1.807) is 6.07 Å². The van der Waals surface area contributed by atoms with Crippen LogP contribution in [0, 0.1) is 18.8 Å². The van der Waals surface area contributed by atoms with Crippen molar-refractivity contribution in [3.05, 3.63) is 34.9 Å². The highest BCUT2D eigenvalue weighted by Crippen LogP contribution is 2.10. The SMILES string of the molecule is CNC(=O)CNC(=O)c1ccc(C)cc1C#CCN. The van der Waals surface area contributed by atoms with Crippen molar-refractivity contribution < 1.29 is 9.59 Å². The van der Waals surface area contributed by atoms with Gasteiger partial charge in [0, 0.05) is 12.6 Å². The smallest absolute Gasteiger partial charge is 0.252 e. The van der Waals surface area contributed by atoms with Crippen LogP contribution in [0.4, 0.5) is 0 Å². The van der Waals surface area contributed by atoms with Crippen molar-refractivity contribution in [2.24, 2.45) is 5.73 Å². The maximum Gasteiger partial charge on any atom is 0.252 e. The van der Waals surface area contributed by atoms with Crippen LogP contribution in [-0.2, 0) is 4.79 Å². The largest absolute Gasteiger partial charge is 0.358 e. The number of carbonyl (C=O) groups is 2. The number of aryl methyl sites for hydroxylation is 1. The Kier molecular flexibility index (Phi) is 5.58. The number of hydrogen-bond acceptors (Lipinski definition) is 3. The lowest BCUT2D eigenvalue weighted by atomic mass is 10.0. The van der Waals surface area contributed by atoms with E-state index in [0.717, 1.165) is 5.56 Å². The molecule has 0 atom stereocenters. The molecule has 1 aromatic rings. The molecule has 0 heterocycles. The zero-order valence-corrected chi connectivity index (χ0v) is 11.0. The van der Waals surface area contributed by atoms with Crippen LogP contribution in [0.2, 0.25) is 0 Å². The lowest BCUT2D eigenvalue weighted by molar-refractivity contribution is -0.119. The minimum absolute atomic E-state index is 0.0625. The predicted octanol–water partition coefficient (Wildman–Crippen LogP) is -0.219. The Labute approximate surface area is 112 Å². The number of carbonyl (C=O) groups excluding carboxylic acids is 2. The van der Waals surface area contributed by atoms with Crippen molar-refractivity contribution >= 4 is 11.8 Å². The van der Waals surface area contributed by atoms with Crippen LogP contribution in [0.5, 0.6) is 0 Å². The number of nitrogens with two attached hydrogens (primary N) is 1. The minimum Gasteiger partial charge on any atom is -0.358 e. The van der Waals surface area contributed by atoms with Crippen LogP contribution in [-0.4, -0.2) is 32.0 Å². The fraction of sp³-hybridized carbons (Fsp3) is 0.286. The van der Waals surface area contributed by atoms with E-state index in [4.69, 9.17) is 5.73 Å². The van der Waals surface area contributed by atoms with E-state index < -0.39 is 0 Å². The molecule has 0 aliphatic carbocycles. The zero-order valence-electron chi connectivity index (χ0n) is 11.0. The first-order valence-corrected chi connectivity index (χ1v) is 5.87. The lowest BCUT2D eigenvalue weighted by Crippen LogP contribution is -2.35. The molecule has 4 N–H and O–H groups in total. The third kappa shape index (κ3) is 4.45. The topological polar surface area (TPSA) is 84.2 Å². The number of rotatable bonds is 3. The van der Waals surface area contributed by atoms with Crippen molar-refractivity contribution in [1.82, 2.24) is 10.6 Å². The van der Waals surface area contributed by atoms with Gasteiger partial charge in [0.25, 0.3) is 5.91 Å². The molecule has 0 bridgehead atoms. The maximum absolute atomic E-state index is 12.0. The molecule has 0 saturated carbocycles. The summed E-state index contributed by atoms with van der Waals surface area (Å²) in [6.45, 7) is 2.08. The van der Waals surface area contributed by atoms with Crippen LogP contribution in [0.3, 0.4) is 0 Å². The Bertz CT molecular complexity index is 541. The molecule has 0 aliphatic rings. The predicted molar refractivity (Wildman–Crippen MR) is 73.5 cm³/mol. The van der Waals surface area contributed by atoms with E-state index in [-0.39, 0.29) is 24.9 Å². The maximum atomic E-state index is 12.0. The molecular formula is C14H17N3O2. The third-order valence-corrected chi connectivity index (χ3v) is 2.43. The monoisotopic (exact) mass is 259 g/mol. The number of hydrogen-bond donors (Lipinski definition) is 3. The number of likely N-dealkylation sites (N-methyl/N-ethyl adjacent to an activating group) is 1. The molecule has 0 unspecified atom stereocenters. The molecular weight excluding hydrogens is 242 g/mol. The van der Waals surface area contributed by atoms with Gasteiger partial charge in [-0.15, -0.1) is 0 Å². The normalized spacial score (nSPS) is 9.21. The lowest BCUT2D eigenvalue weighted by Gasteiger charge is -2.07. The van der Waals surface area contributed by atoms with Crippen LogP contribution >= 0.6 is 0 Å². The Morgan fingerprint density at radius 2 is 2.11 bits per heavy atom. The zero-order chi connectivity index (χ0) is 14.3. The summed E-state index contributed by atoms with van der Waals surface area (Å²) in [4.78, 5) is 23.1. The molecule has 2 amide bonds. The van der Waals surface area contributed by atoms with Crippen LogP contribution in [0.15, 0.2) is 18.2 Å². The number of nitrogens with one attached hydrogen (secondary N) is 2. The van der Waals surface area contributed by atoms with Crippen molar-refractivity contribution in [1.29, 1.82) is 0 Å². The highest BCUT2D eigenvalue weighted by atomic mass is 16.2. The Morgan fingerprint density at radius 3 is 2.74 bits per heavy atom. The fourth-order valence-corrected chi connectivity index (χ4v) is 1.45. The molecule has 1 aromatic carbocycles. The second-order valence-electron chi connectivity index (χ2n) is 3.91. The quantitative estimate of drug-likeness (QED) is 0.656. The second-order valence-corrected chi connectivity index (χ2v) is 3.91. The molecule has 5 heteroatoms. The van der Waals surface area contributed by atoms with Gasteiger partial charge >= 0.3 is 0 Å². The first kappa shape index (κ1) is 14.7. The first-order chi connectivity index (χ1) is 9.08. The van der Waals surface area contributed by atoms with Gasteiger partial charge < -0.3 is 16.4 Å². The third-order valence-electron chi connectivity index (χ3n) is 2.43. The summed E-state index contributed by atoms with van der Waals surface area (Å²) in [5.74, 6) is 5.00. The van der Waals surface area contributed by atoms with Gasteiger partial charge in [-0.1, -0.05) is 17.9 Å². The van der Waals surface area contributed by atoms with E-state index in [1.165, 1.54) is 7.05 Å². The highest BCUT2D eigenvalue weighted by Gasteiger charge is 2.11. The molecule has 19 heavy (non-hydrogen) atoms. The van der Waals surface area contributed by atoms with Crippen molar-refractivity contribution in [2.45, 2.75) is 6.92 Å². The number of benzene rings is 1. The van der Waals surface area contributed by atoms with Gasteiger partial charge in [-0.25, -0.2) is 0 Å². The summed E-state index contributed by atoms with van der Waals surface area (Å²) < 4.78 is 0. The van der Waals surface area contributed by atoms with Crippen molar-refractivity contribution in [3.63, 3.8) is 0 Å². The molecule has 0 aliphatic heterocycles. The Morgan fingerprint density at radius 1 is 1.37 bits per heavy atom. The van der Waals surface area contributed by atoms with E-state index in [9.17, 15) is 9.59 Å². The summed E-state index contributed by atoms with van der Waals surface area (Å²) in [6, 6.07) is 5.33. The second kappa shape index (κ2) is 7.19. The molecule has 0 aromatic heterocycles. The summed E-state index contributed by atoms with van der Waals surface area (Å²) in [7, 11) is 1.51. The van der Waals surface area contributed by atoms with Gasteiger partial charge in [-0.3, -0.25) is 9.59 Å². The van der Waals surface area contributed by atoms with E-state index in [0.29, 0.717) is 11.1 Å². The van der Waals surface area contributed by atoms with Gasteiger partial charge in [0.1, 0.15) is 0 Å². The molecule has 100 valence electrons. The van der Waals surface area contributed by atoms with E-state index >= 15 is 0 Å². The molecule has 0 fully saturated rings. The standard InChI is InChI=1S/C14H17N3O2/c1-10-5-6-12(11(8-10)4-3-7-15)14(19)17-9-13(18)16-2/h5-6,8H,7,9,15H2,1-2H3,(H,16,18)(H,17,19). The molecule has 0 spiro atoms. The van der Waals surface area contributed by atoms with Gasteiger partial charge in [0.05, 0.1) is 18.7 Å². The summed E-state index contributed by atoms with van der Waals surface area (Å²) in [5.41, 5.74) is 7.39. The van der Waals surface area contributed by atoms with E-state index in [2.05, 4.69) is 22.5 Å². The summed E-state index contributed by atoms with van der Waals surface area (Å²) >= 11 is 0. The van der Waals surface area contributed by atoms with Crippen molar-refractivity contribution in [3.8, 4) is 11.8 Å². The average Bonchev–Trinajstić information content (AvgIpc) is 2.42. The average molecular weight is 259 g/mol. The van der Waals surface area contributed by atoms with Crippen LogP contribution in [0.25, 0.3) is 0 Å². The van der Waals surface area contributed by atoms with E-state index in [1.807, 2.05) is 19.1 Å². The van der Waals surface area contributed by atoms with Gasteiger partial charge in [-0.05, 0) is 24.6 Å².